The van der Waals surface area contributed by atoms with Gasteiger partial charge in [-0.3, -0.25) is 0 Å². The minimum Gasteiger partial charge on any atom is -0.228 e. The lowest BCUT2D eigenvalue weighted by molar-refractivity contribution is 1.18. The minimum absolute atomic E-state index is 0.703. The number of hydrogen-bond acceptors (Lipinski definition) is 3. The van der Waals surface area contributed by atoms with Gasteiger partial charge in [0.2, 0.25) is 0 Å². The molecule has 0 bridgehead atoms. The first-order valence-electron chi connectivity index (χ1n) is 18.6. The molecule has 11 rings (SSSR count). The van der Waals surface area contributed by atoms with E-state index in [1.165, 1.54) is 69.2 Å². The van der Waals surface area contributed by atoms with Crippen molar-refractivity contribution in [2.45, 2.75) is 0 Å². The number of thiophene rings is 1. The monoisotopic (exact) mass is 716 g/mol. The van der Waals surface area contributed by atoms with E-state index in [0.717, 1.165) is 33.6 Å². The Balaban J connectivity index is 1.07. The molecule has 2 heterocycles. The van der Waals surface area contributed by atoms with Crippen LogP contribution < -0.4 is 0 Å². The molecule has 0 aliphatic heterocycles. The third-order valence-electron chi connectivity index (χ3n) is 10.9. The molecule has 2 aromatic heterocycles. The predicted octanol–water partition coefficient (Wildman–Crippen LogP) is 14.6. The average Bonchev–Trinajstić information content (AvgIpc) is 3.64. The third-order valence-corrected chi connectivity index (χ3v) is 12.0. The van der Waals surface area contributed by atoms with Crippen LogP contribution in [-0.4, -0.2) is 9.97 Å². The summed E-state index contributed by atoms with van der Waals surface area (Å²) in [5, 5.41) is 10.1. The molecule has 0 aliphatic rings. The van der Waals surface area contributed by atoms with Gasteiger partial charge in [-0.2, -0.15) is 0 Å². The van der Waals surface area contributed by atoms with Gasteiger partial charge in [-0.05, 0) is 84.9 Å². The van der Waals surface area contributed by atoms with Gasteiger partial charge in [-0.15, -0.1) is 11.3 Å². The van der Waals surface area contributed by atoms with Crippen LogP contribution in [-0.2, 0) is 0 Å². The Hall–Kier alpha value is -6.94. The van der Waals surface area contributed by atoms with Crippen LogP contribution in [0.2, 0.25) is 0 Å². The lowest BCUT2D eigenvalue weighted by atomic mass is 9.89. The Morgan fingerprint density at radius 1 is 0.291 bits per heavy atom. The number of nitrogens with zero attached hydrogens (tertiary/aromatic N) is 2. The fourth-order valence-corrected chi connectivity index (χ4v) is 9.31. The first-order valence-corrected chi connectivity index (χ1v) is 19.5. The van der Waals surface area contributed by atoms with Crippen molar-refractivity contribution in [3.63, 3.8) is 0 Å². The van der Waals surface area contributed by atoms with Crippen molar-refractivity contribution in [2.24, 2.45) is 0 Å². The van der Waals surface area contributed by atoms with Crippen molar-refractivity contribution in [3.05, 3.63) is 194 Å². The molecule has 9 aromatic carbocycles. The smallest absolute Gasteiger partial charge is 0.160 e. The summed E-state index contributed by atoms with van der Waals surface area (Å²) >= 11 is 1.83. The zero-order valence-electron chi connectivity index (χ0n) is 29.8. The van der Waals surface area contributed by atoms with E-state index in [2.05, 4.69) is 194 Å². The van der Waals surface area contributed by atoms with Gasteiger partial charge in [-0.1, -0.05) is 164 Å². The van der Waals surface area contributed by atoms with Gasteiger partial charge in [0.1, 0.15) is 0 Å². The van der Waals surface area contributed by atoms with E-state index < -0.39 is 0 Å². The van der Waals surface area contributed by atoms with Gasteiger partial charge in [0.15, 0.2) is 5.82 Å². The quantitative estimate of drug-likeness (QED) is 0.131. The second-order valence-corrected chi connectivity index (χ2v) is 15.2. The molecule has 0 N–H and O–H groups in total. The molecule has 0 aliphatic carbocycles. The number of benzene rings is 9. The highest BCUT2D eigenvalue weighted by Crippen LogP contribution is 2.41. The van der Waals surface area contributed by atoms with Crippen molar-refractivity contribution >= 4 is 63.8 Å². The number of aromatic nitrogens is 2. The molecule has 0 saturated heterocycles. The van der Waals surface area contributed by atoms with Gasteiger partial charge in [0, 0.05) is 36.9 Å². The van der Waals surface area contributed by atoms with Crippen LogP contribution >= 0.6 is 11.3 Å². The fourth-order valence-electron chi connectivity index (χ4n) is 8.16. The van der Waals surface area contributed by atoms with Crippen molar-refractivity contribution in [1.82, 2.24) is 9.97 Å². The molecule has 0 atom stereocenters. The van der Waals surface area contributed by atoms with Gasteiger partial charge >= 0.3 is 0 Å². The summed E-state index contributed by atoms with van der Waals surface area (Å²) in [4.78, 5) is 10.5. The molecule has 0 spiro atoms. The van der Waals surface area contributed by atoms with Crippen LogP contribution in [0.3, 0.4) is 0 Å². The Labute approximate surface area is 322 Å². The summed E-state index contributed by atoms with van der Waals surface area (Å²) < 4.78 is 2.55. The molecule has 2 nitrogen and oxygen atoms in total. The van der Waals surface area contributed by atoms with E-state index in [1.807, 2.05) is 11.3 Å². The largest absolute Gasteiger partial charge is 0.228 e. The second-order valence-electron chi connectivity index (χ2n) is 14.1. The maximum atomic E-state index is 5.27. The molecule has 0 fully saturated rings. The van der Waals surface area contributed by atoms with E-state index in [-0.39, 0.29) is 0 Å². The highest BCUT2D eigenvalue weighted by molar-refractivity contribution is 7.25. The standard InChI is InChI=1S/C52H32N2S/c1-2-11-33(12-3-1)37-15-10-16-39(29-37)47-32-48(40-26-27-44-43-19-8-9-20-49(43)55-50(44)31-40)54-52(53-47)36-23-21-35(22-24-36)51-42-18-7-5-14-38(42)30-46-41-17-6-4-13-34(41)25-28-45(46)51/h1-32H. The van der Waals surface area contributed by atoms with Crippen molar-refractivity contribution < 1.29 is 0 Å². The summed E-state index contributed by atoms with van der Waals surface area (Å²) in [5.41, 5.74) is 9.66. The van der Waals surface area contributed by atoms with Crippen LogP contribution in [0.1, 0.15) is 0 Å². The second kappa shape index (κ2) is 12.9. The first kappa shape index (κ1) is 31.6. The van der Waals surface area contributed by atoms with Crippen molar-refractivity contribution in [2.75, 3.05) is 0 Å². The maximum absolute atomic E-state index is 5.27. The van der Waals surface area contributed by atoms with Crippen LogP contribution in [0.5, 0.6) is 0 Å². The van der Waals surface area contributed by atoms with E-state index in [4.69, 9.17) is 9.97 Å². The zero-order valence-corrected chi connectivity index (χ0v) is 30.6. The van der Waals surface area contributed by atoms with Gasteiger partial charge < -0.3 is 0 Å². The number of hydrogen-bond donors (Lipinski definition) is 0. The van der Waals surface area contributed by atoms with Gasteiger partial charge in [0.25, 0.3) is 0 Å². The minimum atomic E-state index is 0.703. The summed E-state index contributed by atoms with van der Waals surface area (Å²) in [6.45, 7) is 0. The molecule has 11 aromatic rings. The summed E-state index contributed by atoms with van der Waals surface area (Å²) in [6.07, 6.45) is 0. The Kier molecular flexibility index (Phi) is 7.39. The number of rotatable bonds is 5. The van der Waals surface area contributed by atoms with Crippen LogP contribution in [0.25, 0.3) is 109 Å². The summed E-state index contributed by atoms with van der Waals surface area (Å²) in [7, 11) is 0. The Bertz CT molecular complexity index is 3250. The van der Waals surface area contributed by atoms with Crippen LogP contribution in [0.15, 0.2) is 194 Å². The van der Waals surface area contributed by atoms with Crippen LogP contribution in [0, 0.1) is 0 Å². The highest BCUT2D eigenvalue weighted by atomic mass is 32.1. The van der Waals surface area contributed by atoms with E-state index in [1.54, 1.807) is 0 Å². The molecule has 0 radical (unpaired) electrons. The van der Waals surface area contributed by atoms with Crippen molar-refractivity contribution in [1.29, 1.82) is 0 Å². The van der Waals surface area contributed by atoms with Gasteiger partial charge in [-0.25, -0.2) is 9.97 Å². The molecular formula is C52H32N2S. The lowest BCUT2D eigenvalue weighted by Gasteiger charge is -2.15. The zero-order chi connectivity index (χ0) is 36.3. The van der Waals surface area contributed by atoms with Crippen LogP contribution in [0.4, 0.5) is 0 Å². The van der Waals surface area contributed by atoms with E-state index in [9.17, 15) is 0 Å². The predicted molar refractivity (Wildman–Crippen MR) is 235 cm³/mol. The lowest BCUT2D eigenvalue weighted by Crippen LogP contribution is -1.96. The molecule has 3 heteroatoms. The molecule has 0 amide bonds. The molecule has 55 heavy (non-hydrogen) atoms. The van der Waals surface area contributed by atoms with E-state index >= 15 is 0 Å². The van der Waals surface area contributed by atoms with Gasteiger partial charge in [0.05, 0.1) is 11.4 Å². The SMILES string of the molecule is c1ccc(-c2cccc(-c3cc(-c4ccc5c(c4)sc4ccccc45)nc(-c4ccc(-c5c6ccccc6cc6c5ccc5ccccc56)cc4)n3)c2)cc1. The molecule has 0 unspecified atom stereocenters. The molecular weight excluding hydrogens is 685 g/mol. The fraction of sp³-hybridized carbons (Fsp3) is 0. The topological polar surface area (TPSA) is 25.8 Å². The molecule has 0 saturated carbocycles. The normalized spacial score (nSPS) is 11.6. The summed E-state index contributed by atoms with van der Waals surface area (Å²) in [5.74, 6) is 0.703. The third kappa shape index (κ3) is 5.48. The van der Waals surface area contributed by atoms with E-state index in [0.29, 0.717) is 5.82 Å². The Morgan fingerprint density at radius 2 is 0.891 bits per heavy atom. The molecule has 256 valence electrons. The Morgan fingerprint density at radius 3 is 1.73 bits per heavy atom. The van der Waals surface area contributed by atoms with Crippen molar-refractivity contribution in [3.8, 4) is 56.2 Å². The maximum Gasteiger partial charge on any atom is 0.160 e. The highest BCUT2D eigenvalue weighted by Gasteiger charge is 2.16. The average molecular weight is 717 g/mol. The number of fused-ring (bicyclic) bond motifs is 7. The first-order chi connectivity index (χ1) is 27.2. The summed E-state index contributed by atoms with van der Waals surface area (Å²) in [6, 6.07) is 69.8.